The van der Waals surface area contributed by atoms with E-state index < -0.39 is 12.6 Å². The number of hydrogen-bond acceptors (Lipinski definition) is 3. The molecule has 0 saturated heterocycles. The van der Waals surface area contributed by atoms with Crippen molar-refractivity contribution in [1.29, 1.82) is 0 Å². The zero-order chi connectivity index (χ0) is 15.7. The maximum Gasteiger partial charge on any atom is 0.391 e. The summed E-state index contributed by atoms with van der Waals surface area (Å²) >= 11 is 0. The lowest BCUT2D eigenvalue weighted by Gasteiger charge is -2.12. The van der Waals surface area contributed by atoms with Crippen LogP contribution in [0.15, 0.2) is 18.2 Å². The van der Waals surface area contributed by atoms with Gasteiger partial charge in [0.25, 0.3) is 0 Å². The van der Waals surface area contributed by atoms with Gasteiger partial charge in [0.1, 0.15) is 5.75 Å². The average Bonchev–Trinajstić information content (AvgIpc) is 2.43. The summed E-state index contributed by atoms with van der Waals surface area (Å²) in [5, 5.41) is 3.27. The molecular formula is C15H22F3NO2. The van der Waals surface area contributed by atoms with Crippen LogP contribution in [0.2, 0.25) is 0 Å². The van der Waals surface area contributed by atoms with Gasteiger partial charge in [-0.25, -0.2) is 0 Å². The summed E-state index contributed by atoms with van der Waals surface area (Å²) in [6, 6.07) is 5.64. The van der Waals surface area contributed by atoms with E-state index in [4.69, 9.17) is 9.47 Å². The van der Waals surface area contributed by atoms with Crippen LogP contribution in [0.1, 0.15) is 30.9 Å². The Morgan fingerprint density at radius 3 is 2.62 bits per heavy atom. The normalized spacial score (nSPS) is 11.7. The molecule has 0 aromatic heterocycles. The van der Waals surface area contributed by atoms with Crippen LogP contribution < -0.4 is 10.1 Å². The van der Waals surface area contributed by atoms with Crippen molar-refractivity contribution in [1.82, 2.24) is 5.32 Å². The van der Waals surface area contributed by atoms with E-state index in [2.05, 4.69) is 12.2 Å². The van der Waals surface area contributed by atoms with Crippen LogP contribution in [-0.4, -0.2) is 26.4 Å². The lowest BCUT2D eigenvalue weighted by Crippen LogP contribution is -2.14. The van der Waals surface area contributed by atoms with Gasteiger partial charge in [0.05, 0.1) is 26.7 Å². The molecular weight excluding hydrogens is 283 g/mol. The Morgan fingerprint density at radius 2 is 2.00 bits per heavy atom. The van der Waals surface area contributed by atoms with E-state index in [0.717, 1.165) is 24.1 Å². The molecule has 0 unspecified atom stereocenters. The Kier molecular flexibility index (Phi) is 7.53. The predicted molar refractivity (Wildman–Crippen MR) is 75.3 cm³/mol. The summed E-state index contributed by atoms with van der Waals surface area (Å²) in [5.41, 5.74) is 1.81. The first-order valence-corrected chi connectivity index (χ1v) is 6.97. The summed E-state index contributed by atoms with van der Waals surface area (Å²) < 4.78 is 46.5. The van der Waals surface area contributed by atoms with Crippen LogP contribution >= 0.6 is 0 Å². The van der Waals surface area contributed by atoms with Crippen molar-refractivity contribution in [3.63, 3.8) is 0 Å². The lowest BCUT2D eigenvalue weighted by atomic mass is 10.1. The van der Waals surface area contributed by atoms with Crippen molar-refractivity contribution in [3.05, 3.63) is 29.3 Å². The molecule has 0 fully saturated rings. The van der Waals surface area contributed by atoms with Crippen molar-refractivity contribution in [2.45, 2.75) is 39.1 Å². The van der Waals surface area contributed by atoms with Crippen LogP contribution in [-0.2, 0) is 17.9 Å². The van der Waals surface area contributed by atoms with Crippen molar-refractivity contribution >= 4 is 0 Å². The fourth-order valence-electron chi connectivity index (χ4n) is 1.83. The third kappa shape index (κ3) is 7.34. The molecule has 3 nitrogen and oxygen atoms in total. The summed E-state index contributed by atoms with van der Waals surface area (Å²) in [6.07, 6.45) is -4.08. The van der Waals surface area contributed by atoms with Crippen molar-refractivity contribution < 1.29 is 22.6 Å². The lowest BCUT2D eigenvalue weighted by molar-refractivity contribution is -0.146. The Hall–Kier alpha value is -1.27. The molecule has 1 aromatic rings. The number of methoxy groups -OCH3 is 1. The maximum absolute atomic E-state index is 12.1. The minimum Gasteiger partial charge on any atom is -0.496 e. The number of ether oxygens (including phenoxy) is 2. The minimum atomic E-state index is -4.18. The summed E-state index contributed by atoms with van der Waals surface area (Å²) in [7, 11) is 1.53. The molecule has 6 heteroatoms. The summed E-state index contributed by atoms with van der Waals surface area (Å²) in [5.74, 6) is 0.626. The first-order valence-electron chi connectivity index (χ1n) is 6.97. The second kappa shape index (κ2) is 8.89. The molecule has 0 saturated carbocycles. The molecule has 0 atom stereocenters. The van der Waals surface area contributed by atoms with Crippen molar-refractivity contribution in [2.24, 2.45) is 0 Å². The fraction of sp³-hybridized carbons (Fsp3) is 0.600. The zero-order valence-corrected chi connectivity index (χ0v) is 12.4. The van der Waals surface area contributed by atoms with Gasteiger partial charge in [-0.2, -0.15) is 13.2 Å². The molecule has 0 bridgehead atoms. The molecule has 1 rings (SSSR count). The van der Waals surface area contributed by atoms with Gasteiger partial charge < -0.3 is 14.8 Å². The highest BCUT2D eigenvalue weighted by molar-refractivity contribution is 5.36. The molecule has 120 valence electrons. The average molecular weight is 305 g/mol. The minimum absolute atomic E-state index is 0.112. The third-order valence-electron chi connectivity index (χ3n) is 2.89. The van der Waals surface area contributed by atoms with Crippen molar-refractivity contribution in [3.8, 4) is 5.75 Å². The van der Waals surface area contributed by atoms with Crippen LogP contribution in [0.3, 0.4) is 0 Å². The molecule has 0 radical (unpaired) electrons. The number of halogens is 3. The molecule has 1 N–H and O–H groups in total. The molecule has 0 spiro atoms. The van der Waals surface area contributed by atoms with Gasteiger partial charge in [-0.15, -0.1) is 0 Å². The topological polar surface area (TPSA) is 30.5 Å². The van der Waals surface area contributed by atoms with Crippen LogP contribution in [0.25, 0.3) is 0 Å². The maximum atomic E-state index is 12.1. The molecule has 0 aliphatic heterocycles. The number of rotatable bonds is 9. The monoisotopic (exact) mass is 305 g/mol. The van der Waals surface area contributed by atoms with E-state index in [0.29, 0.717) is 12.3 Å². The van der Waals surface area contributed by atoms with E-state index in [1.54, 1.807) is 0 Å². The molecule has 0 amide bonds. The Balaban J connectivity index is 2.55. The Bertz CT molecular complexity index is 422. The standard InChI is InChI=1S/C15H22F3NO2/c1-3-7-19-10-12-4-5-14(20-2)13(9-12)11-21-8-6-15(16,17)18/h4-5,9,19H,3,6-8,10-11H2,1-2H3. The summed E-state index contributed by atoms with van der Waals surface area (Å²) in [4.78, 5) is 0. The molecule has 0 heterocycles. The van der Waals surface area contributed by atoms with E-state index >= 15 is 0 Å². The highest BCUT2D eigenvalue weighted by Gasteiger charge is 2.26. The van der Waals surface area contributed by atoms with Gasteiger partial charge in [-0.05, 0) is 30.7 Å². The number of nitrogens with one attached hydrogen (secondary N) is 1. The largest absolute Gasteiger partial charge is 0.496 e. The highest BCUT2D eigenvalue weighted by atomic mass is 19.4. The third-order valence-corrected chi connectivity index (χ3v) is 2.89. The molecule has 21 heavy (non-hydrogen) atoms. The van der Waals surface area contributed by atoms with Gasteiger partial charge in [0.15, 0.2) is 0 Å². The van der Waals surface area contributed by atoms with Gasteiger partial charge in [0.2, 0.25) is 0 Å². The van der Waals surface area contributed by atoms with Crippen LogP contribution in [0, 0.1) is 0 Å². The molecule has 0 aliphatic rings. The van der Waals surface area contributed by atoms with Gasteiger partial charge in [0, 0.05) is 12.1 Å². The van der Waals surface area contributed by atoms with Crippen LogP contribution in [0.5, 0.6) is 5.75 Å². The zero-order valence-electron chi connectivity index (χ0n) is 12.4. The molecule has 1 aromatic carbocycles. The van der Waals surface area contributed by atoms with Gasteiger partial charge in [-0.1, -0.05) is 13.0 Å². The van der Waals surface area contributed by atoms with E-state index in [9.17, 15) is 13.2 Å². The number of hydrogen-bond donors (Lipinski definition) is 1. The van der Waals surface area contributed by atoms with E-state index in [-0.39, 0.29) is 13.2 Å². The smallest absolute Gasteiger partial charge is 0.391 e. The number of alkyl halides is 3. The second-order valence-corrected chi connectivity index (χ2v) is 4.74. The quantitative estimate of drug-likeness (QED) is 0.706. The van der Waals surface area contributed by atoms with E-state index in [1.165, 1.54) is 7.11 Å². The Labute approximate surface area is 123 Å². The van der Waals surface area contributed by atoms with Crippen molar-refractivity contribution in [2.75, 3.05) is 20.3 Å². The van der Waals surface area contributed by atoms with E-state index in [1.807, 2.05) is 18.2 Å². The van der Waals surface area contributed by atoms with Gasteiger partial charge >= 0.3 is 6.18 Å². The Morgan fingerprint density at radius 1 is 1.24 bits per heavy atom. The van der Waals surface area contributed by atoms with Crippen LogP contribution in [0.4, 0.5) is 13.2 Å². The predicted octanol–water partition coefficient (Wildman–Crippen LogP) is 3.66. The van der Waals surface area contributed by atoms with Gasteiger partial charge in [-0.3, -0.25) is 0 Å². The highest BCUT2D eigenvalue weighted by Crippen LogP contribution is 2.22. The fourth-order valence-corrected chi connectivity index (χ4v) is 1.83. The molecule has 0 aliphatic carbocycles. The number of benzene rings is 1. The SMILES string of the molecule is CCCNCc1ccc(OC)c(COCCC(F)(F)F)c1. The summed E-state index contributed by atoms with van der Waals surface area (Å²) in [6.45, 7) is 3.49. The second-order valence-electron chi connectivity index (χ2n) is 4.74. The first-order chi connectivity index (χ1) is 9.96. The first kappa shape index (κ1) is 17.8.